The fourth-order valence-electron chi connectivity index (χ4n) is 3.95. The summed E-state index contributed by atoms with van der Waals surface area (Å²) in [5.74, 6) is 1.73. The van der Waals surface area contributed by atoms with E-state index in [0.717, 1.165) is 32.0 Å². The monoisotopic (exact) mass is 309 g/mol. The van der Waals surface area contributed by atoms with Gasteiger partial charge in [0.2, 0.25) is 0 Å². The topological polar surface area (TPSA) is 44.8 Å². The third kappa shape index (κ3) is 4.21. The van der Waals surface area contributed by atoms with Crippen molar-refractivity contribution in [3.05, 3.63) is 0 Å². The molecule has 126 valence electrons. The molecule has 0 aromatic heterocycles. The van der Waals surface area contributed by atoms with Crippen LogP contribution in [0.2, 0.25) is 0 Å². The van der Waals surface area contributed by atoms with Crippen LogP contribution in [0.5, 0.6) is 0 Å². The van der Waals surface area contributed by atoms with Crippen LogP contribution in [-0.2, 0) is 9.53 Å². The van der Waals surface area contributed by atoms with Gasteiger partial charge >= 0.3 is 0 Å². The second-order valence-corrected chi connectivity index (χ2v) is 7.34. The average molecular weight is 309 g/mol. The quantitative estimate of drug-likeness (QED) is 0.843. The minimum atomic E-state index is -0.261. The summed E-state index contributed by atoms with van der Waals surface area (Å²) in [5, 5.41) is 3.26. The van der Waals surface area contributed by atoms with Crippen LogP contribution in [0.15, 0.2) is 0 Å². The van der Waals surface area contributed by atoms with Gasteiger partial charge in [-0.3, -0.25) is 4.79 Å². The first-order valence-electron chi connectivity index (χ1n) is 9.06. The molecule has 0 aromatic rings. The van der Waals surface area contributed by atoms with Gasteiger partial charge in [-0.05, 0) is 50.6 Å². The molecule has 1 N–H and O–H groups in total. The van der Waals surface area contributed by atoms with Crippen LogP contribution >= 0.6 is 0 Å². The third-order valence-corrected chi connectivity index (χ3v) is 5.43. The van der Waals surface area contributed by atoms with Crippen molar-refractivity contribution in [1.29, 1.82) is 0 Å². The number of rotatable bonds is 3. The molecule has 3 rings (SSSR count). The number of nitrogens with zero attached hydrogens (tertiary/aromatic N) is 2. The van der Waals surface area contributed by atoms with Crippen molar-refractivity contribution in [3.63, 3.8) is 0 Å². The molecule has 0 aromatic carbocycles. The van der Waals surface area contributed by atoms with Crippen LogP contribution in [0.1, 0.15) is 32.6 Å². The van der Waals surface area contributed by atoms with Gasteiger partial charge in [0.1, 0.15) is 6.10 Å². The van der Waals surface area contributed by atoms with E-state index >= 15 is 0 Å². The summed E-state index contributed by atoms with van der Waals surface area (Å²) in [7, 11) is 0. The molecule has 0 aliphatic carbocycles. The molecule has 0 saturated carbocycles. The zero-order chi connectivity index (χ0) is 15.4. The standard InChI is InChI=1S/C17H31N3O2/c1-14-4-8-19(9-5-14)12-15-3-2-7-20(13-15)17(21)16-11-18-6-10-22-16/h14-16,18H,2-13H2,1H3. The van der Waals surface area contributed by atoms with Crippen LogP contribution in [0.25, 0.3) is 0 Å². The first kappa shape index (κ1) is 16.2. The molecule has 0 radical (unpaired) electrons. The van der Waals surface area contributed by atoms with Crippen molar-refractivity contribution in [1.82, 2.24) is 15.1 Å². The van der Waals surface area contributed by atoms with E-state index in [2.05, 4.69) is 22.0 Å². The SMILES string of the molecule is CC1CCN(CC2CCCN(C(=O)C3CNCCO3)C2)CC1. The van der Waals surface area contributed by atoms with E-state index in [1.807, 2.05) is 0 Å². The normalized spacial score (nSPS) is 32.1. The van der Waals surface area contributed by atoms with Gasteiger partial charge in [-0.1, -0.05) is 6.92 Å². The minimum absolute atomic E-state index is 0.198. The number of piperidine rings is 2. The van der Waals surface area contributed by atoms with Crippen molar-refractivity contribution < 1.29 is 9.53 Å². The molecule has 0 bridgehead atoms. The van der Waals surface area contributed by atoms with Gasteiger partial charge in [0.05, 0.1) is 6.61 Å². The van der Waals surface area contributed by atoms with Crippen LogP contribution in [0.4, 0.5) is 0 Å². The zero-order valence-electron chi connectivity index (χ0n) is 13.9. The molecule has 0 spiro atoms. The van der Waals surface area contributed by atoms with E-state index in [-0.39, 0.29) is 12.0 Å². The Morgan fingerprint density at radius 1 is 1.23 bits per heavy atom. The molecule has 22 heavy (non-hydrogen) atoms. The number of carbonyl (C=O) groups is 1. The van der Waals surface area contributed by atoms with Gasteiger partial charge in [0, 0.05) is 32.7 Å². The van der Waals surface area contributed by atoms with E-state index < -0.39 is 0 Å². The van der Waals surface area contributed by atoms with Crippen LogP contribution in [0.3, 0.4) is 0 Å². The lowest BCUT2D eigenvalue weighted by atomic mass is 9.94. The highest BCUT2D eigenvalue weighted by Crippen LogP contribution is 2.22. The number of morpholine rings is 1. The number of carbonyl (C=O) groups excluding carboxylic acids is 1. The highest BCUT2D eigenvalue weighted by Gasteiger charge is 2.31. The van der Waals surface area contributed by atoms with E-state index in [1.54, 1.807) is 0 Å². The lowest BCUT2D eigenvalue weighted by Crippen LogP contribution is -2.52. The van der Waals surface area contributed by atoms with Crippen LogP contribution in [0, 0.1) is 11.8 Å². The summed E-state index contributed by atoms with van der Waals surface area (Å²) in [5.41, 5.74) is 0. The van der Waals surface area contributed by atoms with E-state index in [0.29, 0.717) is 19.1 Å². The molecule has 3 heterocycles. The Bertz CT molecular complexity index is 363. The number of amides is 1. The Morgan fingerprint density at radius 2 is 2.05 bits per heavy atom. The molecular weight excluding hydrogens is 278 g/mol. The zero-order valence-corrected chi connectivity index (χ0v) is 13.9. The van der Waals surface area contributed by atoms with E-state index in [9.17, 15) is 4.79 Å². The van der Waals surface area contributed by atoms with Crippen LogP contribution in [-0.4, -0.2) is 74.2 Å². The molecule has 2 unspecified atom stereocenters. The van der Waals surface area contributed by atoms with Gasteiger partial charge in [-0.15, -0.1) is 0 Å². The molecule has 3 aliphatic rings. The maximum Gasteiger partial charge on any atom is 0.253 e. The fourth-order valence-corrected chi connectivity index (χ4v) is 3.95. The Labute approximate surface area is 134 Å². The molecular formula is C17H31N3O2. The van der Waals surface area contributed by atoms with Crippen LogP contribution < -0.4 is 5.32 Å². The van der Waals surface area contributed by atoms with Crippen molar-refractivity contribution in [2.45, 2.75) is 38.7 Å². The predicted molar refractivity (Wildman–Crippen MR) is 86.8 cm³/mol. The lowest BCUT2D eigenvalue weighted by molar-refractivity contribution is -0.147. The third-order valence-electron chi connectivity index (χ3n) is 5.43. The summed E-state index contributed by atoms with van der Waals surface area (Å²) in [6, 6.07) is 0. The van der Waals surface area contributed by atoms with Gasteiger partial charge in [-0.2, -0.15) is 0 Å². The lowest BCUT2D eigenvalue weighted by Gasteiger charge is -2.39. The molecule has 3 fully saturated rings. The largest absolute Gasteiger partial charge is 0.366 e. The number of likely N-dealkylation sites (tertiary alicyclic amines) is 2. The Kier molecular flexibility index (Phi) is 5.71. The maximum atomic E-state index is 12.6. The molecule has 1 amide bonds. The summed E-state index contributed by atoms with van der Waals surface area (Å²) >= 11 is 0. The highest BCUT2D eigenvalue weighted by atomic mass is 16.5. The smallest absolute Gasteiger partial charge is 0.253 e. The summed E-state index contributed by atoms with van der Waals surface area (Å²) in [4.78, 5) is 17.2. The number of hydrogen-bond acceptors (Lipinski definition) is 4. The first-order chi connectivity index (χ1) is 10.7. The molecule has 3 aliphatic heterocycles. The minimum Gasteiger partial charge on any atom is -0.366 e. The molecule has 5 nitrogen and oxygen atoms in total. The summed E-state index contributed by atoms with van der Waals surface area (Å²) in [6.45, 7) is 10.0. The first-order valence-corrected chi connectivity index (χ1v) is 9.06. The predicted octanol–water partition coefficient (Wildman–Crippen LogP) is 0.945. The van der Waals surface area contributed by atoms with Crippen molar-refractivity contribution >= 4 is 5.91 Å². The Morgan fingerprint density at radius 3 is 2.77 bits per heavy atom. The molecule has 3 saturated heterocycles. The summed E-state index contributed by atoms with van der Waals surface area (Å²) in [6.07, 6.45) is 4.80. The second-order valence-electron chi connectivity index (χ2n) is 7.34. The summed E-state index contributed by atoms with van der Waals surface area (Å²) < 4.78 is 5.63. The number of ether oxygens (including phenoxy) is 1. The number of hydrogen-bond donors (Lipinski definition) is 1. The average Bonchev–Trinajstić information content (AvgIpc) is 2.57. The van der Waals surface area contributed by atoms with Gasteiger partial charge in [0.25, 0.3) is 5.91 Å². The van der Waals surface area contributed by atoms with E-state index in [1.165, 1.54) is 38.9 Å². The Balaban J connectivity index is 1.47. The molecule has 5 heteroatoms. The molecule has 2 atom stereocenters. The van der Waals surface area contributed by atoms with E-state index in [4.69, 9.17) is 4.74 Å². The van der Waals surface area contributed by atoms with Crippen molar-refractivity contribution in [2.24, 2.45) is 11.8 Å². The van der Waals surface area contributed by atoms with Gasteiger partial charge in [-0.25, -0.2) is 0 Å². The van der Waals surface area contributed by atoms with Crippen molar-refractivity contribution in [2.75, 3.05) is 52.4 Å². The fraction of sp³-hybridized carbons (Fsp3) is 0.941. The van der Waals surface area contributed by atoms with Crippen molar-refractivity contribution in [3.8, 4) is 0 Å². The Hall–Kier alpha value is -0.650. The number of nitrogens with one attached hydrogen (secondary N) is 1. The highest BCUT2D eigenvalue weighted by molar-refractivity contribution is 5.81. The maximum absolute atomic E-state index is 12.6. The van der Waals surface area contributed by atoms with Gasteiger partial charge < -0.3 is 19.9 Å². The second kappa shape index (κ2) is 7.75. The van der Waals surface area contributed by atoms with Gasteiger partial charge in [0.15, 0.2) is 0 Å².